The van der Waals surface area contributed by atoms with Crippen molar-refractivity contribution in [2.24, 2.45) is 0 Å². The van der Waals surface area contributed by atoms with Crippen LogP contribution in [0.3, 0.4) is 0 Å². The maximum absolute atomic E-state index is 12.7. The number of aryl methyl sites for hydroxylation is 2. The SMILES string of the molecule is Cc1n[nH]c(C)c1CN1CCC2(CCc3c2nc(-c2cccnc2)[nH]c3=O)CC1. The second-order valence-corrected chi connectivity index (χ2v) is 8.45. The maximum Gasteiger partial charge on any atom is 0.254 e. The first kappa shape index (κ1) is 18.2. The molecule has 0 unspecified atom stereocenters. The summed E-state index contributed by atoms with van der Waals surface area (Å²) in [5.74, 6) is 0.634. The highest BCUT2D eigenvalue weighted by molar-refractivity contribution is 5.54. The van der Waals surface area contributed by atoms with E-state index in [1.54, 1.807) is 12.4 Å². The lowest BCUT2D eigenvalue weighted by Gasteiger charge is -2.39. The van der Waals surface area contributed by atoms with Crippen LogP contribution < -0.4 is 5.56 Å². The Morgan fingerprint density at radius 3 is 2.72 bits per heavy atom. The van der Waals surface area contributed by atoms with Gasteiger partial charge in [0.05, 0.1) is 11.4 Å². The van der Waals surface area contributed by atoms with Crippen molar-refractivity contribution >= 4 is 0 Å². The van der Waals surface area contributed by atoms with Gasteiger partial charge in [0.2, 0.25) is 0 Å². The molecular formula is C22H26N6O. The summed E-state index contributed by atoms with van der Waals surface area (Å²) in [6.45, 7) is 7.11. The van der Waals surface area contributed by atoms with E-state index in [4.69, 9.17) is 4.98 Å². The normalized spacial score (nSPS) is 18.3. The maximum atomic E-state index is 12.7. The Kier molecular flexibility index (Phi) is 4.35. The molecule has 0 radical (unpaired) electrons. The van der Waals surface area contributed by atoms with Crippen molar-refractivity contribution < 1.29 is 0 Å². The Balaban J connectivity index is 1.40. The van der Waals surface area contributed by atoms with Crippen molar-refractivity contribution in [2.75, 3.05) is 13.1 Å². The van der Waals surface area contributed by atoms with Gasteiger partial charge in [-0.25, -0.2) is 4.98 Å². The van der Waals surface area contributed by atoms with Crippen LogP contribution in [0.25, 0.3) is 11.4 Å². The third kappa shape index (κ3) is 3.09. The Labute approximate surface area is 169 Å². The third-order valence-corrected chi connectivity index (χ3v) is 6.78. The first-order valence-electron chi connectivity index (χ1n) is 10.3. The summed E-state index contributed by atoms with van der Waals surface area (Å²) in [6, 6.07) is 3.81. The summed E-state index contributed by atoms with van der Waals surface area (Å²) in [5, 5.41) is 7.41. The molecule has 7 heteroatoms. The van der Waals surface area contributed by atoms with Crippen LogP contribution in [0.2, 0.25) is 0 Å². The Bertz CT molecular complexity index is 1070. The van der Waals surface area contributed by atoms with E-state index in [1.807, 2.05) is 12.1 Å². The van der Waals surface area contributed by atoms with Gasteiger partial charge in [-0.2, -0.15) is 5.10 Å². The molecule has 1 aliphatic heterocycles. The lowest BCUT2D eigenvalue weighted by atomic mass is 9.76. The number of pyridine rings is 1. The van der Waals surface area contributed by atoms with E-state index >= 15 is 0 Å². The van der Waals surface area contributed by atoms with Gasteiger partial charge in [0.25, 0.3) is 5.56 Å². The molecule has 5 rings (SSSR count). The molecule has 7 nitrogen and oxygen atoms in total. The number of nitrogens with one attached hydrogen (secondary N) is 2. The number of hydrogen-bond acceptors (Lipinski definition) is 5. The summed E-state index contributed by atoms with van der Waals surface area (Å²) in [5.41, 5.74) is 6.35. The Morgan fingerprint density at radius 1 is 1.21 bits per heavy atom. The molecule has 3 aromatic heterocycles. The quantitative estimate of drug-likeness (QED) is 0.717. The van der Waals surface area contributed by atoms with Crippen molar-refractivity contribution in [3.8, 4) is 11.4 Å². The number of rotatable bonds is 3. The molecule has 29 heavy (non-hydrogen) atoms. The minimum absolute atomic E-state index is 0.0119. The fourth-order valence-electron chi connectivity index (χ4n) is 4.95. The van der Waals surface area contributed by atoms with Crippen LogP contribution in [-0.2, 0) is 18.4 Å². The van der Waals surface area contributed by atoms with Crippen LogP contribution in [0.1, 0.15) is 47.5 Å². The van der Waals surface area contributed by atoms with E-state index in [1.165, 1.54) is 5.56 Å². The number of fused-ring (bicyclic) bond motifs is 2. The molecule has 3 aromatic rings. The highest BCUT2D eigenvalue weighted by Crippen LogP contribution is 2.44. The lowest BCUT2D eigenvalue weighted by Crippen LogP contribution is -2.42. The van der Waals surface area contributed by atoms with Crippen LogP contribution >= 0.6 is 0 Å². The van der Waals surface area contributed by atoms with E-state index < -0.39 is 0 Å². The Hall–Kier alpha value is -2.80. The highest BCUT2D eigenvalue weighted by Gasteiger charge is 2.44. The Morgan fingerprint density at radius 2 is 2.03 bits per heavy atom. The molecule has 0 aromatic carbocycles. The lowest BCUT2D eigenvalue weighted by molar-refractivity contribution is 0.149. The predicted molar refractivity (Wildman–Crippen MR) is 111 cm³/mol. The van der Waals surface area contributed by atoms with Gasteiger partial charge in [-0.3, -0.25) is 19.8 Å². The summed E-state index contributed by atoms with van der Waals surface area (Å²) >= 11 is 0. The number of aromatic amines is 2. The van der Waals surface area contributed by atoms with E-state index in [0.717, 1.165) is 73.5 Å². The average molecular weight is 390 g/mol. The summed E-state index contributed by atoms with van der Waals surface area (Å²) in [4.78, 5) is 27.4. The molecule has 2 aliphatic rings. The van der Waals surface area contributed by atoms with Crippen LogP contribution in [0.4, 0.5) is 0 Å². The second-order valence-electron chi connectivity index (χ2n) is 8.45. The van der Waals surface area contributed by atoms with Crippen molar-refractivity contribution in [1.29, 1.82) is 0 Å². The van der Waals surface area contributed by atoms with Crippen molar-refractivity contribution in [3.05, 3.63) is 63.1 Å². The molecule has 2 N–H and O–H groups in total. The highest BCUT2D eigenvalue weighted by atomic mass is 16.1. The predicted octanol–water partition coefficient (Wildman–Crippen LogP) is 2.65. The first-order chi connectivity index (χ1) is 14.1. The third-order valence-electron chi connectivity index (χ3n) is 6.78. The van der Waals surface area contributed by atoms with Gasteiger partial charge in [-0.1, -0.05) is 0 Å². The number of piperidine rings is 1. The standard InChI is InChI=1S/C22H26N6O/c1-14-18(15(2)27-26-14)13-28-10-7-22(8-11-28)6-5-17-19(22)24-20(25-21(17)29)16-4-3-9-23-12-16/h3-4,9,12H,5-8,10-11,13H2,1-2H3,(H,26,27)(H,24,25,29). The van der Waals surface area contributed by atoms with Crippen LogP contribution in [0.15, 0.2) is 29.3 Å². The largest absolute Gasteiger partial charge is 0.306 e. The molecular weight excluding hydrogens is 364 g/mol. The zero-order valence-electron chi connectivity index (χ0n) is 17.0. The number of likely N-dealkylation sites (tertiary alicyclic amines) is 1. The van der Waals surface area contributed by atoms with Gasteiger partial charge in [-0.15, -0.1) is 0 Å². The molecule has 4 heterocycles. The van der Waals surface area contributed by atoms with Crippen molar-refractivity contribution in [2.45, 2.75) is 51.5 Å². The molecule has 1 aliphatic carbocycles. The average Bonchev–Trinajstić information content (AvgIpc) is 3.26. The van der Waals surface area contributed by atoms with Gasteiger partial charge >= 0.3 is 0 Å². The number of nitrogens with zero attached hydrogens (tertiary/aromatic N) is 4. The second kappa shape index (κ2) is 6.91. The van der Waals surface area contributed by atoms with Crippen LogP contribution in [0.5, 0.6) is 0 Å². The zero-order valence-corrected chi connectivity index (χ0v) is 17.0. The van der Waals surface area contributed by atoms with Gasteiger partial charge in [0.15, 0.2) is 0 Å². The van der Waals surface area contributed by atoms with Crippen molar-refractivity contribution in [1.82, 2.24) is 30.0 Å². The summed E-state index contributed by atoms with van der Waals surface area (Å²) in [6.07, 6.45) is 7.41. The van der Waals surface area contributed by atoms with Gasteiger partial charge < -0.3 is 4.98 Å². The number of aromatic nitrogens is 5. The molecule has 1 fully saturated rings. The summed E-state index contributed by atoms with van der Waals surface area (Å²) in [7, 11) is 0. The van der Waals surface area contributed by atoms with E-state index in [2.05, 4.69) is 38.9 Å². The number of hydrogen-bond donors (Lipinski definition) is 2. The number of H-pyrrole nitrogens is 2. The minimum Gasteiger partial charge on any atom is -0.306 e. The molecule has 0 atom stereocenters. The molecule has 1 spiro atoms. The topological polar surface area (TPSA) is 90.6 Å². The first-order valence-corrected chi connectivity index (χ1v) is 10.3. The molecule has 1 saturated heterocycles. The van der Waals surface area contributed by atoms with Gasteiger partial charge in [-0.05, 0) is 64.8 Å². The molecule has 0 bridgehead atoms. The zero-order chi connectivity index (χ0) is 20.0. The fourth-order valence-corrected chi connectivity index (χ4v) is 4.95. The fraction of sp³-hybridized carbons (Fsp3) is 0.455. The van der Waals surface area contributed by atoms with Crippen molar-refractivity contribution in [3.63, 3.8) is 0 Å². The van der Waals surface area contributed by atoms with Crippen LogP contribution in [0, 0.1) is 13.8 Å². The molecule has 150 valence electrons. The molecule has 0 amide bonds. The van der Waals surface area contributed by atoms with E-state index in [0.29, 0.717) is 5.82 Å². The van der Waals surface area contributed by atoms with Crippen LogP contribution in [-0.4, -0.2) is 43.1 Å². The smallest absolute Gasteiger partial charge is 0.254 e. The van der Waals surface area contributed by atoms with E-state index in [9.17, 15) is 4.79 Å². The summed E-state index contributed by atoms with van der Waals surface area (Å²) < 4.78 is 0. The minimum atomic E-state index is 0.0119. The van der Waals surface area contributed by atoms with E-state index in [-0.39, 0.29) is 11.0 Å². The monoisotopic (exact) mass is 390 g/mol. The van der Waals surface area contributed by atoms with Gasteiger partial charge in [0.1, 0.15) is 5.82 Å². The molecule has 0 saturated carbocycles. The van der Waals surface area contributed by atoms with Gasteiger partial charge in [0, 0.05) is 46.7 Å².